The van der Waals surface area contributed by atoms with Crippen LogP contribution in [0.3, 0.4) is 0 Å². The molecule has 0 aromatic rings. The highest BCUT2D eigenvalue weighted by atomic mass is 32.2. The van der Waals surface area contributed by atoms with E-state index < -0.39 is 111 Å². The minimum atomic E-state index is -8.70. The van der Waals surface area contributed by atoms with Crippen molar-refractivity contribution in [3.63, 3.8) is 0 Å². The number of alkyl halides is 15. The van der Waals surface area contributed by atoms with E-state index in [1.165, 1.54) is 0 Å². The molecule has 0 radical (unpaired) electrons. The van der Waals surface area contributed by atoms with Gasteiger partial charge in [0.15, 0.2) is 6.54 Å². The van der Waals surface area contributed by atoms with Crippen LogP contribution in [0.4, 0.5) is 65.9 Å². The van der Waals surface area contributed by atoms with E-state index in [1.54, 1.807) is 0 Å². The van der Waals surface area contributed by atoms with Gasteiger partial charge in [-0.15, -0.1) is 0 Å². The van der Waals surface area contributed by atoms with Crippen molar-refractivity contribution in [2.75, 3.05) is 40.3 Å². The second-order valence-electron chi connectivity index (χ2n) is 9.00. The average Bonchev–Trinajstić information content (AvgIpc) is 2.72. The molecule has 244 valence electrons. The summed E-state index contributed by atoms with van der Waals surface area (Å²) >= 11 is 0. The van der Waals surface area contributed by atoms with Crippen LogP contribution in [0.15, 0.2) is 0 Å². The number of hydrogen-bond acceptors (Lipinski definition) is 4. The molecule has 0 heterocycles. The first kappa shape index (κ1) is 38.8. The molecule has 0 aliphatic carbocycles. The van der Waals surface area contributed by atoms with Crippen LogP contribution >= 0.6 is 0 Å². The van der Waals surface area contributed by atoms with Gasteiger partial charge in [-0.2, -0.15) is 70.2 Å². The summed E-state index contributed by atoms with van der Waals surface area (Å²) in [6, 6.07) is 0. The van der Waals surface area contributed by atoms with Crippen molar-refractivity contribution in [3.05, 3.63) is 0 Å². The summed E-state index contributed by atoms with van der Waals surface area (Å²) in [6.07, 6.45) is -10.2. The Hall–Kier alpha value is -2.24. The van der Waals surface area contributed by atoms with Gasteiger partial charge in [0.05, 0.1) is 27.1 Å². The molecule has 0 rings (SSSR count). The predicted molar refractivity (Wildman–Crippen MR) is 103 cm³/mol. The molecule has 0 fully saturated rings. The van der Waals surface area contributed by atoms with Gasteiger partial charge in [0.2, 0.25) is 0 Å². The quantitative estimate of drug-likeness (QED) is 0.191. The van der Waals surface area contributed by atoms with Crippen molar-refractivity contribution >= 4 is 22.0 Å². The smallest absolute Gasteiger partial charge is 0.460 e. The molecular formula is C17H20F15N2O6S+. The van der Waals surface area contributed by atoms with Crippen LogP contribution in [0.25, 0.3) is 0 Å². The highest BCUT2D eigenvalue weighted by molar-refractivity contribution is 7.90. The number of aliphatic carboxylic acids is 2. The topological polar surface area (TPSA) is 112 Å². The van der Waals surface area contributed by atoms with E-state index in [9.17, 15) is 83.9 Å². The largest absolute Gasteiger partial charge is 0.481 e. The zero-order valence-electron chi connectivity index (χ0n) is 20.2. The summed E-state index contributed by atoms with van der Waals surface area (Å²) in [4.78, 5) is 21.5. The number of nitrogens with zero attached hydrogens (tertiary/aromatic N) is 2. The summed E-state index contributed by atoms with van der Waals surface area (Å²) in [7, 11) is -5.29. The molecule has 2 N–H and O–H groups in total. The lowest BCUT2D eigenvalue weighted by molar-refractivity contribution is -0.883. The minimum absolute atomic E-state index is 0.541. The van der Waals surface area contributed by atoms with Crippen LogP contribution in [-0.4, -0.2) is 121 Å². The lowest BCUT2D eigenvalue weighted by Crippen LogP contribution is -2.73. The number of halogens is 15. The first-order valence-electron chi connectivity index (χ1n) is 10.3. The molecule has 0 atom stereocenters. The van der Waals surface area contributed by atoms with Gasteiger partial charge in [-0.1, -0.05) is 0 Å². The van der Waals surface area contributed by atoms with Crippen LogP contribution < -0.4 is 0 Å². The molecular weight excluding hydrogens is 645 g/mol. The van der Waals surface area contributed by atoms with E-state index in [-0.39, 0.29) is 0 Å². The maximum atomic E-state index is 14.5. The number of carboxylic acid groups (broad SMARTS) is 2. The lowest BCUT2D eigenvalue weighted by atomic mass is 9.94. The van der Waals surface area contributed by atoms with E-state index in [1.807, 2.05) is 0 Å². The Morgan fingerprint density at radius 1 is 0.659 bits per heavy atom. The van der Waals surface area contributed by atoms with Gasteiger partial charge in [0, 0.05) is 19.5 Å². The maximum Gasteiger partial charge on any atom is 0.460 e. The Labute approximate surface area is 219 Å². The van der Waals surface area contributed by atoms with Crippen molar-refractivity contribution in [2.45, 2.75) is 53.9 Å². The van der Waals surface area contributed by atoms with E-state index in [0.717, 1.165) is 14.1 Å². The molecule has 41 heavy (non-hydrogen) atoms. The minimum Gasteiger partial charge on any atom is -0.481 e. The van der Waals surface area contributed by atoms with E-state index in [4.69, 9.17) is 10.2 Å². The number of quaternary nitrogens is 1. The van der Waals surface area contributed by atoms with E-state index >= 15 is 0 Å². The molecule has 0 aliphatic rings. The second-order valence-corrected chi connectivity index (χ2v) is 11.0. The molecule has 24 heteroatoms. The first-order valence-corrected chi connectivity index (χ1v) is 11.7. The molecule has 0 spiro atoms. The van der Waals surface area contributed by atoms with Crippen molar-refractivity contribution in [3.8, 4) is 0 Å². The van der Waals surface area contributed by atoms with Gasteiger partial charge in [0.25, 0.3) is 10.0 Å². The number of sulfonamides is 1. The van der Waals surface area contributed by atoms with Crippen molar-refractivity contribution in [1.29, 1.82) is 0 Å². The van der Waals surface area contributed by atoms with Gasteiger partial charge < -0.3 is 14.7 Å². The van der Waals surface area contributed by atoms with Gasteiger partial charge >= 0.3 is 53.0 Å². The molecule has 0 bridgehead atoms. The SMILES string of the molecule is C[N+](C)(CCCN(CCC(=O)O)S(=O)(=O)C(F)(F)C(F)(F)C(F)(F)C(F)(F)C(F)(F)C(F)(F)C(F)(F)F)CC(=O)O. The molecule has 0 aliphatic heterocycles. The summed E-state index contributed by atoms with van der Waals surface area (Å²) in [5.41, 5.74) is 0. The van der Waals surface area contributed by atoms with Gasteiger partial charge in [0.1, 0.15) is 0 Å². The molecule has 0 aromatic carbocycles. The Morgan fingerprint density at radius 2 is 1.05 bits per heavy atom. The summed E-state index contributed by atoms with van der Waals surface area (Å²) in [6.45, 7) is -4.61. The summed E-state index contributed by atoms with van der Waals surface area (Å²) in [5, 5.41) is 9.70. The monoisotopic (exact) mass is 665 g/mol. The highest BCUT2D eigenvalue weighted by Crippen LogP contribution is 2.63. The number of hydrogen-bond donors (Lipinski definition) is 2. The third-order valence-electron chi connectivity index (χ3n) is 5.27. The Morgan fingerprint density at radius 3 is 1.41 bits per heavy atom. The zero-order chi connectivity index (χ0) is 33.5. The Kier molecular flexibility index (Phi) is 10.8. The molecule has 0 unspecified atom stereocenters. The standard InChI is InChI=1S/C17H19F15N2O6S/c1-34(2,8-10(37)38)7-3-5-33(6-4-9(35)36)41(39,40)17(31,32)15(26,27)13(22,23)11(18,19)12(20,21)14(24,25)16(28,29)30/h3-8H2,1-2H3,(H-,35,36,37,38)/p+1. The fourth-order valence-electron chi connectivity index (χ4n) is 2.97. The number of carboxylic acids is 2. The third kappa shape index (κ3) is 6.88. The highest BCUT2D eigenvalue weighted by Gasteiger charge is 2.94. The maximum absolute atomic E-state index is 14.5. The van der Waals surface area contributed by atoms with Crippen LogP contribution in [0.1, 0.15) is 12.8 Å². The number of carbonyl (C=O) groups is 2. The zero-order valence-corrected chi connectivity index (χ0v) is 21.1. The van der Waals surface area contributed by atoms with Crippen LogP contribution in [0.2, 0.25) is 0 Å². The lowest BCUT2D eigenvalue weighted by Gasteiger charge is -2.41. The normalized spacial score (nSPS) is 15.4. The molecule has 0 saturated carbocycles. The average molecular weight is 665 g/mol. The molecule has 8 nitrogen and oxygen atoms in total. The third-order valence-corrected chi connectivity index (χ3v) is 7.22. The van der Waals surface area contributed by atoms with E-state index in [0.29, 0.717) is 0 Å². The molecule has 0 aromatic heterocycles. The summed E-state index contributed by atoms with van der Waals surface area (Å²) < 4.78 is 224. The van der Waals surface area contributed by atoms with Crippen LogP contribution in [-0.2, 0) is 19.6 Å². The predicted octanol–water partition coefficient (Wildman–Crippen LogP) is 3.98. The van der Waals surface area contributed by atoms with Crippen LogP contribution in [0, 0.1) is 0 Å². The Bertz CT molecular complexity index is 1080. The fraction of sp³-hybridized carbons (Fsp3) is 0.882. The van der Waals surface area contributed by atoms with Crippen molar-refractivity contribution < 1.29 is 98.6 Å². The van der Waals surface area contributed by atoms with Gasteiger partial charge in [-0.25, -0.2) is 13.2 Å². The summed E-state index contributed by atoms with van der Waals surface area (Å²) in [5.74, 6) is -46.0. The van der Waals surface area contributed by atoms with Crippen LogP contribution in [0.5, 0.6) is 0 Å². The van der Waals surface area contributed by atoms with Crippen molar-refractivity contribution in [2.24, 2.45) is 0 Å². The van der Waals surface area contributed by atoms with Gasteiger partial charge in [-0.3, -0.25) is 4.79 Å². The Balaban J connectivity index is 6.76. The van der Waals surface area contributed by atoms with Crippen molar-refractivity contribution in [1.82, 2.24) is 4.31 Å². The second kappa shape index (κ2) is 11.4. The van der Waals surface area contributed by atoms with Gasteiger partial charge in [-0.05, 0) is 0 Å². The first-order chi connectivity index (χ1) is 17.7. The number of likely N-dealkylation sites (N-methyl/N-ethyl adjacent to an activating group) is 1. The molecule has 0 amide bonds. The fourth-order valence-corrected chi connectivity index (χ4v) is 4.45. The molecule has 0 saturated heterocycles. The number of rotatable bonds is 16. The van der Waals surface area contributed by atoms with E-state index in [2.05, 4.69) is 0 Å².